The molecule has 0 atom stereocenters. The second kappa shape index (κ2) is 21.5. The maximum absolute atomic E-state index is 10.7. The molecule has 0 bridgehead atoms. The van der Waals surface area contributed by atoms with E-state index in [4.69, 9.17) is 33.1 Å². The molecule has 0 saturated carbocycles. The molecule has 3 saturated heterocycles. The van der Waals surface area contributed by atoms with Gasteiger partial charge in [0.25, 0.3) is 28.1 Å². The minimum Gasteiger partial charge on any atom is -0.497 e. The van der Waals surface area contributed by atoms with Crippen LogP contribution < -0.4 is 26.0 Å². The molecule has 272 valence electrons. The molecule has 4 amide bonds. The molecule has 11 nitrogen and oxygen atoms in total. The van der Waals surface area contributed by atoms with E-state index in [9.17, 15) is 19.2 Å². The highest BCUT2D eigenvalue weighted by Crippen LogP contribution is 3.04. The molecule has 0 radical (unpaired) electrons. The Kier molecular flexibility index (Phi) is 18.3. The van der Waals surface area contributed by atoms with Crippen molar-refractivity contribution in [3.8, 4) is 5.75 Å². The fourth-order valence-corrected chi connectivity index (χ4v) is 47.3. The first kappa shape index (κ1) is 42.4. The van der Waals surface area contributed by atoms with Gasteiger partial charge in [-0.1, -0.05) is 126 Å². The van der Waals surface area contributed by atoms with Crippen LogP contribution in [0.4, 0.5) is 4.79 Å². The summed E-state index contributed by atoms with van der Waals surface area (Å²) in [6.07, 6.45) is 7.11. The van der Waals surface area contributed by atoms with E-state index >= 15 is 0 Å². The van der Waals surface area contributed by atoms with Crippen molar-refractivity contribution in [2.75, 3.05) is 32.7 Å². The van der Waals surface area contributed by atoms with Gasteiger partial charge in [-0.3, -0.25) is 25.0 Å². The van der Waals surface area contributed by atoms with E-state index in [-0.39, 0.29) is 42.7 Å². The molecule has 2 aromatic rings. The molecule has 0 unspecified atom stereocenters. The van der Waals surface area contributed by atoms with Crippen molar-refractivity contribution in [2.45, 2.75) is 52.4 Å². The number of cyclic esters (lactones) is 1. The highest BCUT2D eigenvalue weighted by Gasteiger charge is 2.45. The molecule has 3 fully saturated rings. The van der Waals surface area contributed by atoms with Crippen LogP contribution in [0.25, 0.3) is 0 Å². The lowest BCUT2D eigenvalue weighted by Gasteiger charge is -2.40. The highest BCUT2D eigenvalue weighted by atomic mass is 33.7. The van der Waals surface area contributed by atoms with Crippen molar-refractivity contribution in [1.82, 2.24) is 10.6 Å². The Balaban J connectivity index is 0.000000201. The molecule has 6 rings (SSSR count). The van der Waals surface area contributed by atoms with Crippen LogP contribution >= 0.6 is 54.9 Å². The van der Waals surface area contributed by atoms with Crippen molar-refractivity contribution < 1.29 is 38.1 Å². The van der Waals surface area contributed by atoms with Crippen LogP contribution in [-0.2, 0) is 52.2 Å². The van der Waals surface area contributed by atoms with E-state index in [1.807, 2.05) is 39.5 Å². The lowest BCUT2D eigenvalue weighted by atomic mass is 10.1. The monoisotopic (exact) mass is 835 g/mol. The zero-order valence-electron chi connectivity index (χ0n) is 27.7. The molecule has 2 aromatic carbocycles. The number of rotatable bonds is 10. The molecule has 0 spiro atoms. The zero-order valence-corrected chi connectivity index (χ0v) is 34.4. The summed E-state index contributed by atoms with van der Waals surface area (Å²) < 4.78 is 15.8. The van der Waals surface area contributed by atoms with Gasteiger partial charge in [0.1, 0.15) is 5.75 Å². The Morgan fingerprint density at radius 2 is 1.36 bits per heavy atom. The van der Waals surface area contributed by atoms with Crippen molar-refractivity contribution in [3.05, 3.63) is 54.1 Å². The molecule has 0 aliphatic carbocycles. The van der Waals surface area contributed by atoms with Crippen LogP contribution in [0.15, 0.2) is 53.5 Å². The first-order valence-electron chi connectivity index (χ1n) is 15.5. The second-order valence-corrected chi connectivity index (χ2v) is 33.3. The normalized spacial score (nSPS) is 21.6. The van der Waals surface area contributed by atoms with Gasteiger partial charge in [-0.15, -0.1) is 0 Å². The van der Waals surface area contributed by atoms with E-state index in [2.05, 4.69) is 82.2 Å². The fourth-order valence-electron chi connectivity index (χ4n) is 4.01. The molecule has 0 aromatic heterocycles. The minimum atomic E-state index is -1.62. The van der Waals surface area contributed by atoms with E-state index in [1.165, 1.54) is 54.7 Å². The van der Waals surface area contributed by atoms with Gasteiger partial charge in [0.2, 0.25) is 0 Å². The van der Waals surface area contributed by atoms with Gasteiger partial charge in [-0.05, 0) is 49.8 Å². The van der Waals surface area contributed by atoms with Gasteiger partial charge in [-0.25, -0.2) is 4.79 Å². The van der Waals surface area contributed by atoms with Crippen LogP contribution in [-0.4, -0.2) is 66.9 Å². The summed E-state index contributed by atoms with van der Waals surface area (Å²) in [6.45, 7) is 4.42. The van der Waals surface area contributed by atoms with Crippen LogP contribution in [0.1, 0.15) is 51.0 Å². The SMILES string of the molecule is CCCCCCCCSC1=NC(=O)CO1.COc1ccc(P2(=S)SP(=S)(c3ccc(C)cc3)S2)cc1.O=C1COC(=O)N1.O=C1COC(=S)N1. The number of alkyl carbamates (subject to hydrolysis) is 1. The van der Waals surface area contributed by atoms with E-state index in [0.717, 1.165) is 11.5 Å². The second-order valence-electron chi connectivity index (χ2n) is 10.6. The van der Waals surface area contributed by atoms with E-state index in [0.29, 0.717) is 5.23 Å². The number of unbranched alkanes of at least 4 members (excludes halogenated alkanes) is 5. The third-order valence-electron chi connectivity index (χ3n) is 6.58. The summed E-state index contributed by atoms with van der Waals surface area (Å²) in [6, 6.07) is 16.8. The molecule has 4 heterocycles. The van der Waals surface area contributed by atoms with Gasteiger partial charge in [-0.2, -0.15) is 4.99 Å². The quantitative estimate of drug-likeness (QED) is 0.149. The first-order chi connectivity index (χ1) is 23.9. The number of carbonyl (C=O) groups excluding carboxylic acids is 4. The van der Waals surface area contributed by atoms with Crippen molar-refractivity contribution in [1.29, 1.82) is 0 Å². The number of benzene rings is 2. The van der Waals surface area contributed by atoms with Crippen LogP contribution in [0.2, 0.25) is 0 Å². The summed E-state index contributed by atoms with van der Waals surface area (Å²) in [5.74, 6) is 1.20. The standard InChI is InChI=1S/C14H14OP2S4.C11H19NO2S.C3H3NO3.C3H3NO2S/c1-11-3-7-13(8-4-11)16(18)20-17(19,21-16)14-9-5-12(15-2)6-10-14;1-2-3-4-5-6-7-8-15-11-12-10(13)9-14-11;5-2-1-7-3(6)4-2;5-2-1-6-3(7)4-2/h3-10H,1-2H3;2-9H2,1H3;1H2,(H,4,5,6);1H2,(H,4,5,7). The van der Waals surface area contributed by atoms with Crippen molar-refractivity contribution in [2.24, 2.45) is 4.99 Å². The van der Waals surface area contributed by atoms with Gasteiger partial charge < -0.3 is 18.9 Å². The largest absolute Gasteiger partial charge is 0.497 e. The number of ether oxygens (including phenoxy) is 4. The van der Waals surface area contributed by atoms with Crippen LogP contribution in [0.5, 0.6) is 5.75 Å². The summed E-state index contributed by atoms with van der Waals surface area (Å²) in [4.78, 5) is 44.5. The predicted octanol–water partition coefficient (Wildman–Crippen LogP) is 6.72. The predicted molar refractivity (Wildman–Crippen MR) is 218 cm³/mol. The summed E-state index contributed by atoms with van der Waals surface area (Å²) in [5, 5.41) is 7.47. The maximum atomic E-state index is 10.7. The number of thiocarbonyl (C=S) groups is 1. The Bertz CT molecular complexity index is 1570. The summed E-state index contributed by atoms with van der Waals surface area (Å²) in [7, 11) is 1.68. The molecule has 4 aliphatic rings. The summed E-state index contributed by atoms with van der Waals surface area (Å²) >= 11 is 21.6. The molecule has 4 aliphatic heterocycles. The number of aliphatic imine (C=N–C) groups is 1. The Hall–Kier alpha value is -1.97. The average molecular weight is 836 g/mol. The molecule has 19 heteroatoms. The average Bonchev–Trinajstić information content (AvgIpc) is 3.80. The van der Waals surface area contributed by atoms with Gasteiger partial charge in [0.15, 0.2) is 19.8 Å². The first-order valence-corrected chi connectivity index (χ1v) is 26.6. The molecule has 50 heavy (non-hydrogen) atoms. The zero-order chi connectivity index (χ0) is 36.6. The number of imide groups is 1. The topological polar surface area (TPSA) is 142 Å². The smallest absolute Gasteiger partial charge is 0.414 e. The van der Waals surface area contributed by atoms with Gasteiger partial charge in [0.05, 0.1) is 16.0 Å². The van der Waals surface area contributed by atoms with Crippen LogP contribution in [0.3, 0.4) is 0 Å². The van der Waals surface area contributed by atoms with Crippen molar-refractivity contribution in [3.63, 3.8) is 0 Å². The number of amides is 4. The summed E-state index contributed by atoms with van der Waals surface area (Å²) in [5.41, 5.74) is 1.27. The lowest BCUT2D eigenvalue weighted by Crippen LogP contribution is -2.18. The Morgan fingerprint density at radius 3 is 1.78 bits per heavy atom. The number of thioether (sulfide) groups is 1. The van der Waals surface area contributed by atoms with Gasteiger partial charge >= 0.3 is 6.09 Å². The van der Waals surface area contributed by atoms with E-state index < -0.39 is 15.0 Å². The fraction of sp³-hybridized carbons (Fsp3) is 0.419. The number of aryl methyl sites for hydroxylation is 1. The third-order valence-corrected chi connectivity index (χ3v) is 39.0. The third kappa shape index (κ3) is 14.6. The number of nitrogens with one attached hydrogen (secondary N) is 2. The Morgan fingerprint density at radius 1 is 0.800 bits per heavy atom. The van der Waals surface area contributed by atoms with Gasteiger partial charge in [0, 0.05) is 16.4 Å². The van der Waals surface area contributed by atoms with Crippen molar-refractivity contribution >= 4 is 123 Å². The maximum Gasteiger partial charge on any atom is 0.414 e. The molecular weight excluding hydrogens is 797 g/mol. The molecular formula is C31H39N3O8P2S6. The number of carbonyl (C=O) groups is 4. The minimum absolute atomic E-state index is 0.0822. The number of methoxy groups -OCH3 is 1. The lowest BCUT2D eigenvalue weighted by molar-refractivity contribution is -0.120. The Labute approximate surface area is 319 Å². The number of nitrogens with zero attached hydrogens (tertiary/aromatic N) is 1. The molecule has 2 N–H and O–H groups in total. The highest BCUT2D eigenvalue weighted by molar-refractivity contribution is 9.48. The number of hydrogen-bond acceptors (Lipinski definition) is 14. The van der Waals surface area contributed by atoms with E-state index in [1.54, 1.807) is 18.9 Å². The number of hydrogen-bond donors (Lipinski definition) is 2. The van der Waals surface area contributed by atoms with Crippen LogP contribution in [0, 0.1) is 6.92 Å².